The summed E-state index contributed by atoms with van der Waals surface area (Å²) < 4.78 is 0. The van der Waals surface area contributed by atoms with Crippen molar-refractivity contribution in [1.82, 2.24) is 20.3 Å². The van der Waals surface area contributed by atoms with E-state index >= 15 is 0 Å². The minimum atomic E-state index is -0.544. The zero-order valence-electron chi connectivity index (χ0n) is 9.30. The highest BCUT2D eigenvalue weighted by Crippen LogP contribution is 2.03. The average Bonchev–Trinajstić information content (AvgIpc) is 2.66. The molecule has 0 aromatic carbocycles. The van der Waals surface area contributed by atoms with Crippen LogP contribution in [0.15, 0.2) is 6.20 Å². The Morgan fingerprint density at radius 1 is 1.56 bits per heavy atom. The smallest absolute Gasteiger partial charge is 0.276 e. The standard InChI is InChI=1S/C9H15N5O2/c1-6(2)4-14(5-8(10)15)9(16)7-3-11-13-12-7/h3,6H,4-5H2,1-2H3,(H2,10,15)(H,11,12,13). The molecule has 0 saturated heterocycles. The highest BCUT2D eigenvalue weighted by molar-refractivity contribution is 5.94. The van der Waals surface area contributed by atoms with Gasteiger partial charge in [0, 0.05) is 6.54 Å². The number of aromatic amines is 1. The second kappa shape index (κ2) is 5.24. The van der Waals surface area contributed by atoms with Gasteiger partial charge in [-0.2, -0.15) is 15.4 Å². The van der Waals surface area contributed by atoms with E-state index in [4.69, 9.17) is 5.73 Å². The quantitative estimate of drug-likeness (QED) is 0.697. The van der Waals surface area contributed by atoms with Gasteiger partial charge in [0.15, 0.2) is 5.69 Å². The molecule has 2 amide bonds. The number of rotatable bonds is 5. The summed E-state index contributed by atoms with van der Waals surface area (Å²) in [5, 5.41) is 9.56. The van der Waals surface area contributed by atoms with Gasteiger partial charge in [-0.25, -0.2) is 0 Å². The van der Waals surface area contributed by atoms with E-state index in [2.05, 4.69) is 15.4 Å². The normalized spacial score (nSPS) is 10.4. The molecule has 16 heavy (non-hydrogen) atoms. The van der Waals surface area contributed by atoms with E-state index in [9.17, 15) is 9.59 Å². The van der Waals surface area contributed by atoms with Crippen LogP contribution in [0, 0.1) is 5.92 Å². The molecule has 0 spiro atoms. The number of H-pyrrole nitrogens is 1. The fraction of sp³-hybridized carbons (Fsp3) is 0.556. The number of carbonyl (C=O) groups is 2. The van der Waals surface area contributed by atoms with Crippen molar-refractivity contribution >= 4 is 11.8 Å². The first-order chi connectivity index (χ1) is 7.50. The van der Waals surface area contributed by atoms with Crippen molar-refractivity contribution in [1.29, 1.82) is 0 Å². The van der Waals surface area contributed by atoms with Crippen LogP contribution in [-0.2, 0) is 4.79 Å². The molecule has 1 aromatic rings. The van der Waals surface area contributed by atoms with Crippen molar-refractivity contribution in [2.45, 2.75) is 13.8 Å². The minimum absolute atomic E-state index is 0.107. The number of hydrogen-bond acceptors (Lipinski definition) is 4. The van der Waals surface area contributed by atoms with E-state index in [1.165, 1.54) is 11.1 Å². The summed E-state index contributed by atoms with van der Waals surface area (Å²) >= 11 is 0. The molecule has 0 atom stereocenters. The molecule has 7 heteroatoms. The second-order valence-electron chi connectivity index (χ2n) is 3.90. The molecule has 0 bridgehead atoms. The van der Waals surface area contributed by atoms with Crippen LogP contribution in [0.5, 0.6) is 0 Å². The Morgan fingerprint density at radius 2 is 2.25 bits per heavy atom. The number of nitrogens with zero attached hydrogens (tertiary/aromatic N) is 3. The monoisotopic (exact) mass is 225 g/mol. The first-order valence-corrected chi connectivity index (χ1v) is 4.94. The van der Waals surface area contributed by atoms with Crippen LogP contribution in [0.2, 0.25) is 0 Å². The van der Waals surface area contributed by atoms with E-state index < -0.39 is 5.91 Å². The minimum Gasteiger partial charge on any atom is -0.368 e. The highest BCUT2D eigenvalue weighted by atomic mass is 16.2. The van der Waals surface area contributed by atoms with Crippen LogP contribution < -0.4 is 5.73 Å². The molecular weight excluding hydrogens is 210 g/mol. The van der Waals surface area contributed by atoms with Crippen molar-refractivity contribution in [3.8, 4) is 0 Å². The van der Waals surface area contributed by atoms with Gasteiger partial charge in [-0.3, -0.25) is 9.59 Å². The molecule has 0 fully saturated rings. The predicted molar refractivity (Wildman–Crippen MR) is 56.3 cm³/mol. The molecular formula is C9H15N5O2. The van der Waals surface area contributed by atoms with Crippen molar-refractivity contribution < 1.29 is 9.59 Å². The van der Waals surface area contributed by atoms with Gasteiger partial charge in [0.05, 0.1) is 12.7 Å². The summed E-state index contributed by atoms with van der Waals surface area (Å²) in [6, 6.07) is 0. The lowest BCUT2D eigenvalue weighted by molar-refractivity contribution is -0.118. The number of primary amides is 1. The molecule has 0 saturated carbocycles. The van der Waals surface area contributed by atoms with Crippen LogP contribution in [0.1, 0.15) is 24.3 Å². The van der Waals surface area contributed by atoms with Crippen molar-refractivity contribution in [3.63, 3.8) is 0 Å². The maximum absolute atomic E-state index is 11.9. The van der Waals surface area contributed by atoms with Gasteiger partial charge < -0.3 is 10.6 Å². The molecule has 0 unspecified atom stereocenters. The summed E-state index contributed by atoms with van der Waals surface area (Å²) in [4.78, 5) is 24.1. The molecule has 3 N–H and O–H groups in total. The number of nitrogens with one attached hydrogen (secondary N) is 1. The molecule has 0 aliphatic heterocycles. The lowest BCUT2D eigenvalue weighted by Crippen LogP contribution is -2.40. The van der Waals surface area contributed by atoms with Crippen LogP contribution >= 0.6 is 0 Å². The Morgan fingerprint density at radius 3 is 2.69 bits per heavy atom. The molecule has 1 heterocycles. The molecule has 1 aromatic heterocycles. The number of hydrogen-bond donors (Lipinski definition) is 2. The number of aromatic nitrogens is 3. The maximum atomic E-state index is 11.9. The SMILES string of the molecule is CC(C)CN(CC(N)=O)C(=O)c1cn[nH]n1. The topological polar surface area (TPSA) is 105 Å². The zero-order chi connectivity index (χ0) is 12.1. The molecule has 0 aliphatic carbocycles. The lowest BCUT2D eigenvalue weighted by Gasteiger charge is -2.21. The van der Waals surface area contributed by atoms with Crippen molar-refractivity contribution in [2.75, 3.05) is 13.1 Å². The molecule has 0 radical (unpaired) electrons. The van der Waals surface area contributed by atoms with E-state index in [1.54, 1.807) is 0 Å². The Hall–Kier alpha value is -1.92. The first kappa shape index (κ1) is 12.2. The molecule has 88 valence electrons. The third-order valence-corrected chi connectivity index (χ3v) is 1.85. The van der Waals surface area contributed by atoms with Gasteiger partial charge in [-0.1, -0.05) is 13.8 Å². The van der Waals surface area contributed by atoms with Gasteiger partial charge >= 0.3 is 0 Å². The Balaban J connectivity index is 2.75. The number of carbonyl (C=O) groups excluding carboxylic acids is 2. The Bertz CT molecular complexity index is 360. The van der Waals surface area contributed by atoms with E-state index in [-0.39, 0.29) is 24.1 Å². The number of amides is 2. The summed E-state index contributed by atoms with van der Waals surface area (Å²) in [6.07, 6.45) is 1.32. The van der Waals surface area contributed by atoms with Gasteiger partial charge in [-0.15, -0.1) is 0 Å². The Labute approximate surface area is 93.0 Å². The fourth-order valence-electron chi connectivity index (χ4n) is 1.31. The maximum Gasteiger partial charge on any atom is 0.276 e. The summed E-state index contributed by atoms with van der Waals surface area (Å²) in [5.74, 6) is -0.644. The van der Waals surface area contributed by atoms with Gasteiger partial charge in [0.2, 0.25) is 5.91 Å². The second-order valence-corrected chi connectivity index (χ2v) is 3.90. The van der Waals surface area contributed by atoms with E-state index in [1.807, 2.05) is 13.8 Å². The number of nitrogens with two attached hydrogens (primary N) is 1. The fourth-order valence-corrected chi connectivity index (χ4v) is 1.31. The van der Waals surface area contributed by atoms with Crippen molar-refractivity contribution in [3.05, 3.63) is 11.9 Å². The van der Waals surface area contributed by atoms with Crippen LogP contribution in [0.4, 0.5) is 0 Å². The van der Waals surface area contributed by atoms with E-state index in [0.717, 1.165) is 0 Å². The van der Waals surface area contributed by atoms with Crippen LogP contribution in [-0.4, -0.2) is 45.2 Å². The molecule has 7 nitrogen and oxygen atoms in total. The van der Waals surface area contributed by atoms with Crippen LogP contribution in [0.25, 0.3) is 0 Å². The molecule has 0 aliphatic rings. The largest absolute Gasteiger partial charge is 0.368 e. The molecule has 1 rings (SSSR count). The summed E-state index contributed by atoms with van der Waals surface area (Å²) in [5.41, 5.74) is 5.27. The van der Waals surface area contributed by atoms with Gasteiger partial charge in [-0.05, 0) is 5.92 Å². The third-order valence-electron chi connectivity index (χ3n) is 1.85. The zero-order valence-corrected chi connectivity index (χ0v) is 9.30. The van der Waals surface area contributed by atoms with Crippen molar-refractivity contribution in [2.24, 2.45) is 11.7 Å². The first-order valence-electron chi connectivity index (χ1n) is 4.94. The van der Waals surface area contributed by atoms with Crippen LogP contribution in [0.3, 0.4) is 0 Å². The third kappa shape index (κ3) is 3.34. The van der Waals surface area contributed by atoms with Gasteiger partial charge in [0.1, 0.15) is 0 Å². The summed E-state index contributed by atoms with van der Waals surface area (Å²) in [6.45, 7) is 4.24. The Kier molecular flexibility index (Phi) is 3.98. The predicted octanol–water partition coefficient (Wildman–Crippen LogP) is -0.612. The average molecular weight is 225 g/mol. The highest BCUT2D eigenvalue weighted by Gasteiger charge is 2.20. The summed E-state index contributed by atoms with van der Waals surface area (Å²) in [7, 11) is 0. The van der Waals surface area contributed by atoms with Gasteiger partial charge in [0.25, 0.3) is 5.91 Å². The lowest BCUT2D eigenvalue weighted by atomic mass is 10.2. The van der Waals surface area contributed by atoms with E-state index in [0.29, 0.717) is 6.54 Å².